The number of fused-ring (bicyclic) bond motifs is 1. The Kier molecular flexibility index (Phi) is 4.30. The second kappa shape index (κ2) is 5.49. The molecule has 2 heterocycles. The lowest BCUT2D eigenvalue weighted by atomic mass is 9.99. The highest BCUT2D eigenvalue weighted by atomic mass is 16.8. The standard InChI is InChI=1S/C16H27NO5/c1-9(2)8-10-11-12(21-16(6,7)20-11)13(18)17(10)14(19)22-15(3,4)5/h9-12H,8H2,1-7H3/t10-,11-,12-/m0/s1. The molecule has 0 aliphatic carbocycles. The van der Waals surface area contributed by atoms with E-state index in [9.17, 15) is 9.59 Å². The number of hydrogen-bond donors (Lipinski definition) is 0. The van der Waals surface area contributed by atoms with Crippen LogP contribution in [0.1, 0.15) is 54.9 Å². The van der Waals surface area contributed by atoms with Crippen LogP contribution < -0.4 is 0 Å². The maximum Gasteiger partial charge on any atom is 0.417 e. The Morgan fingerprint density at radius 1 is 1.32 bits per heavy atom. The molecule has 126 valence electrons. The van der Waals surface area contributed by atoms with E-state index in [4.69, 9.17) is 14.2 Å². The van der Waals surface area contributed by atoms with Crippen LogP contribution in [0.25, 0.3) is 0 Å². The highest BCUT2D eigenvalue weighted by Gasteiger charge is 2.59. The molecule has 2 saturated heterocycles. The van der Waals surface area contributed by atoms with E-state index in [0.717, 1.165) is 0 Å². The molecular formula is C16H27NO5. The van der Waals surface area contributed by atoms with Crippen LogP contribution in [0.2, 0.25) is 0 Å². The zero-order valence-corrected chi connectivity index (χ0v) is 14.5. The fourth-order valence-corrected chi connectivity index (χ4v) is 2.97. The number of nitrogens with zero attached hydrogens (tertiary/aromatic N) is 1. The third-order valence-electron chi connectivity index (χ3n) is 3.62. The van der Waals surface area contributed by atoms with Gasteiger partial charge in [-0.1, -0.05) is 13.8 Å². The zero-order valence-electron chi connectivity index (χ0n) is 14.5. The molecule has 0 saturated carbocycles. The Hall–Kier alpha value is -1.14. The van der Waals surface area contributed by atoms with Crippen LogP contribution in [-0.2, 0) is 19.0 Å². The van der Waals surface area contributed by atoms with Crippen LogP contribution in [0, 0.1) is 5.92 Å². The monoisotopic (exact) mass is 313 g/mol. The molecule has 0 spiro atoms. The van der Waals surface area contributed by atoms with Gasteiger partial charge >= 0.3 is 6.09 Å². The van der Waals surface area contributed by atoms with E-state index < -0.39 is 29.7 Å². The number of carbonyl (C=O) groups excluding carboxylic acids is 2. The van der Waals surface area contributed by atoms with Gasteiger partial charge in [0, 0.05) is 0 Å². The minimum atomic E-state index is -0.805. The smallest absolute Gasteiger partial charge is 0.417 e. The summed E-state index contributed by atoms with van der Waals surface area (Å²) >= 11 is 0. The number of imide groups is 1. The van der Waals surface area contributed by atoms with Gasteiger partial charge in [0.25, 0.3) is 5.91 Å². The van der Waals surface area contributed by atoms with Crippen LogP contribution in [0.15, 0.2) is 0 Å². The van der Waals surface area contributed by atoms with Crippen molar-refractivity contribution in [2.24, 2.45) is 5.92 Å². The number of carbonyl (C=O) groups is 2. The fourth-order valence-electron chi connectivity index (χ4n) is 2.97. The van der Waals surface area contributed by atoms with Gasteiger partial charge in [0.05, 0.1) is 6.04 Å². The second-order valence-electron chi connectivity index (χ2n) is 7.91. The van der Waals surface area contributed by atoms with E-state index in [1.807, 2.05) is 13.8 Å². The van der Waals surface area contributed by atoms with Gasteiger partial charge in [-0.3, -0.25) is 4.79 Å². The first-order valence-corrected chi connectivity index (χ1v) is 7.83. The number of rotatable bonds is 2. The summed E-state index contributed by atoms with van der Waals surface area (Å²) in [4.78, 5) is 26.2. The molecule has 2 aliphatic heterocycles. The minimum absolute atomic E-state index is 0.314. The Balaban J connectivity index is 2.25. The number of ether oxygens (including phenoxy) is 3. The van der Waals surface area contributed by atoms with E-state index in [0.29, 0.717) is 12.3 Å². The molecule has 0 bridgehead atoms. The maximum atomic E-state index is 12.6. The van der Waals surface area contributed by atoms with E-state index in [1.54, 1.807) is 34.6 Å². The average molecular weight is 313 g/mol. The number of hydrogen-bond acceptors (Lipinski definition) is 5. The summed E-state index contributed by atoms with van der Waals surface area (Å²) in [5.41, 5.74) is -0.654. The lowest BCUT2D eigenvalue weighted by molar-refractivity contribution is -0.172. The predicted octanol–water partition coefficient (Wildman–Crippen LogP) is 2.70. The summed E-state index contributed by atoms with van der Waals surface area (Å²) in [7, 11) is 0. The summed E-state index contributed by atoms with van der Waals surface area (Å²) < 4.78 is 16.9. The SMILES string of the molecule is CC(C)C[C@H]1[C@@H]2OC(C)(C)O[C@@H]2C(=O)N1C(=O)OC(C)(C)C. The van der Waals surface area contributed by atoms with Crippen LogP contribution >= 0.6 is 0 Å². The van der Waals surface area contributed by atoms with E-state index in [-0.39, 0.29) is 11.9 Å². The molecule has 22 heavy (non-hydrogen) atoms. The third kappa shape index (κ3) is 3.43. The molecule has 0 unspecified atom stereocenters. The molecule has 2 amide bonds. The van der Waals surface area contributed by atoms with Crippen LogP contribution in [0.4, 0.5) is 4.79 Å². The second-order valence-corrected chi connectivity index (χ2v) is 7.91. The van der Waals surface area contributed by atoms with Crippen LogP contribution in [-0.4, -0.2) is 46.5 Å². The Morgan fingerprint density at radius 2 is 1.91 bits per heavy atom. The summed E-state index contributed by atoms with van der Waals surface area (Å²) in [6.07, 6.45) is -1.13. The summed E-state index contributed by atoms with van der Waals surface area (Å²) in [6.45, 7) is 13.0. The molecule has 0 radical (unpaired) electrons. The number of likely N-dealkylation sites (tertiary alicyclic amines) is 1. The molecule has 2 rings (SSSR count). The van der Waals surface area contributed by atoms with Crippen LogP contribution in [0.3, 0.4) is 0 Å². The summed E-state index contributed by atoms with van der Waals surface area (Å²) in [5.74, 6) is -0.857. The van der Waals surface area contributed by atoms with Gasteiger partial charge in [-0.25, -0.2) is 9.69 Å². The molecule has 0 N–H and O–H groups in total. The van der Waals surface area contributed by atoms with Crippen molar-refractivity contribution in [3.63, 3.8) is 0 Å². The average Bonchev–Trinajstić information content (AvgIpc) is 2.71. The first kappa shape index (κ1) is 17.2. The maximum absolute atomic E-state index is 12.6. The Bertz CT molecular complexity index is 466. The van der Waals surface area contributed by atoms with Gasteiger partial charge in [0.15, 0.2) is 11.9 Å². The summed E-state index contributed by atoms with van der Waals surface area (Å²) in [5, 5.41) is 0. The highest BCUT2D eigenvalue weighted by molar-refractivity contribution is 5.98. The predicted molar refractivity (Wildman–Crippen MR) is 80.1 cm³/mol. The summed E-state index contributed by atoms with van der Waals surface area (Å²) in [6, 6.07) is -0.353. The van der Waals surface area contributed by atoms with Crippen molar-refractivity contribution in [2.45, 2.75) is 84.5 Å². The molecule has 2 aliphatic rings. The Morgan fingerprint density at radius 3 is 2.41 bits per heavy atom. The lowest BCUT2D eigenvalue weighted by Crippen LogP contribution is -2.46. The van der Waals surface area contributed by atoms with Crippen LogP contribution in [0.5, 0.6) is 0 Å². The molecule has 0 aromatic carbocycles. The largest absolute Gasteiger partial charge is 0.443 e. The van der Waals surface area contributed by atoms with Gasteiger partial charge in [-0.05, 0) is 47.0 Å². The lowest BCUT2D eigenvalue weighted by Gasteiger charge is -2.31. The molecule has 2 fully saturated rings. The number of amides is 2. The topological polar surface area (TPSA) is 65.1 Å². The molecule has 0 aromatic rings. The molecule has 0 aromatic heterocycles. The molecule has 3 atom stereocenters. The van der Waals surface area contributed by atoms with Crippen molar-refractivity contribution in [3.8, 4) is 0 Å². The van der Waals surface area contributed by atoms with Crippen molar-refractivity contribution in [2.75, 3.05) is 0 Å². The van der Waals surface area contributed by atoms with E-state index in [1.165, 1.54) is 4.90 Å². The minimum Gasteiger partial charge on any atom is -0.443 e. The van der Waals surface area contributed by atoms with Crippen molar-refractivity contribution in [1.82, 2.24) is 4.90 Å². The van der Waals surface area contributed by atoms with E-state index in [2.05, 4.69) is 0 Å². The normalized spacial score (nSPS) is 30.8. The van der Waals surface area contributed by atoms with Crippen molar-refractivity contribution >= 4 is 12.0 Å². The fraction of sp³-hybridized carbons (Fsp3) is 0.875. The van der Waals surface area contributed by atoms with Crippen molar-refractivity contribution < 1.29 is 23.8 Å². The first-order valence-electron chi connectivity index (χ1n) is 7.83. The van der Waals surface area contributed by atoms with E-state index >= 15 is 0 Å². The first-order chi connectivity index (χ1) is 9.91. The third-order valence-corrected chi connectivity index (χ3v) is 3.62. The quantitative estimate of drug-likeness (QED) is 0.784. The van der Waals surface area contributed by atoms with Gasteiger partial charge in [-0.15, -0.1) is 0 Å². The van der Waals surface area contributed by atoms with Gasteiger partial charge in [-0.2, -0.15) is 0 Å². The van der Waals surface area contributed by atoms with Crippen molar-refractivity contribution in [1.29, 1.82) is 0 Å². The van der Waals surface area contributed by atoms with Crippen molar-refractivity contribution in [3.05, 3.63) is 0 Å². The van der Waals surface area contributed by atoms with Gasteiger partial charge < -0.3 is 14.2 Å². The molecular weight excluding hydrogens is 286 g/mol. The zero-order chi connectivity index (χ0) is 16.9. The van der Waals surface area contributed by atoms with Gasteiger partial charge in [0.2, 0.25) is 0 Å². The molecule has 6 nitrogen and oxygen atoms in total. The van der Waals surface area contributed by atoms with Gasteiger partial charge in [0.1, 0.15) is 11.7 Å². The molecule has 6 heteroatoms. The Labute approximate surface area is 132 Å². The highest BCUT2D eigenvalue weighted by Crippen LogP contribution is 2.40.